The highest BCUT2D eigenvalue weighted by atomic mass is 15.0. The van der Waals surface area contributed by atoms with Crippen molar-refractivity contribution in [3.05, 3.63) is 121 Å². The third kappa shape index (κ3) is 2.47. The molecule has 3 aromatic heterocycles. The van der Waals surface area contributed by atoms with Crippen molar-refractivity contribution in [2.75, 3.05) is 0 Å². The maximum absolute atomic E-state index is 5.07. The Hall–Kier alpha value is -4.95. The minimum absolute atomic E-state index is 0.992. The molecule has 2 nitrogen and oxygen atoms in total. The van der Waals surface area contributed by atoms with E-state index in [1.807, 2.05) is 0 Å². The Bertz CT molecular complexity index is 2290. The van der Waals surface area contributed by atoms with E-state index < -0.39 is 0 Å². The number of nitrogens with zero attached hydrogens (tertiary/aromatic N) is 2. The molecule has 0 atom stereocenters. The van der Waals surface area contributed by atoms with E-state index in [0.717, 1.165) is 16.9 Å². The standard InChI is InChI=1S/C35H20N2/c1-2-7-23(8-3-1)34-35-29-19-24(17-18-26(29)30-13-6-14-31(36-34)37(30)35)28-20-25-11-4-9-21-15-16-22-10-5-12-27(28)33(22)32(21)25/h1-20H. The summed E-state index contributed by atoms with van der Waals surface area (Å²) < 4.78 is 2.32. The molecule has 170 valence electrons. The lowest BCUT2D eigenvalue weighted by molar-refractivity contribution is 1.31. The number of rotatable bonds is 2. The largest absolute Gasteiger partial charge is 0.292 e. The van der Waals surface area contributed by atoms with Gasteiger partial charge in [0.25, 0.3) is 0 Å². The summed E-state index contributed by atoms with van der Waals surface area (Å²) in [5, 5.41) is 10.4. The topological polar surface area (TPSA) is 17.3 Å². The van der Waals surface area contributed by atoms with E-state index in [2.05, 4.69) is 126 Å². The Kier molecular flexibility index (Phi) is 3.56. The van der Waals surface area contributed by atoms with Gasteiger partial charge < -0.3 is 0 Å². The molecule has 0 bridgehead atoms. The summed E-state index contributed by atoms with van der Waals surface area (Å²) in [6.07, 6.45) is 0. The Balaban J connectivity index is 1.42. The van der Waals surface area contributed by atoms with E-state index in [0.29, 0.717) is 0 Å². The molecule has 3 heterocycles. The van der Waals surface area contributed by atoms with Gasteiger partial charge in [-0.3, -0.25) is 4.40 Å². The Labute approximate surface area is 212 Å². The Morgan fingerprint density at radius 2 is 1.27 bits per heavy atom. The monoisotopic (exact) mass is 468 g/mol. The zero-order valence-corrected chi connectivity index (χ0v) is 19.9. The van der Waals surface area contributed by atoms with Crippen molar-refractivity contribution in [1.29, 1.82) is 0 Å². The lowest BCUT2D eigenvalue weighted by atomic mass is 9.88. The normalized spacial score (nSPS) is 12.3. The third-order valence-electron chi connectivity index (χ3n) is 8.06. The Morgan fingerprint density at radius 1 is 0.486 bits per heavy atom. The summed E-state index contributed by atoms with van der Waals surface area (Å²) in [7, 11) is 0. The van der Waals surface area contributed by atoms with Gasteiger partial charge in [0.05, 0.1) is 16.7 Å². The first-order chi connectivity index (χ1) is 18.3. The average molecular weight is 469 g/mol. The zero-order valence-electron chi connectivity index (χ0n) is 19.9. The molecule has 0 unspecified atom stereocenters. The summed E-state index contributed by atoms with van der Waals surface area (Å²) >= 11 is 0. The molecule has 0 saturated carbocycles. The van der Waals surface area contributed by atoms with Gasteiger partial charge in [-0.1, -0.05) is 97.1 Å². The Morgan fingerprint density at radius 3 is 2.16 bits per heavy atom. The number of aromatic nitrogens is 2. The quantitative estimate of drug-likeness (QED) is 0.231. The summed E-state index contributed by atoms with van der Waals surface area (Å²) in [6.45, 7) is 0. The first-order valence-electron chi connectivity index (χ1n) is 12.7. The fraction of sp³-hybridized carbons (Fsp3) is 0. The number of imidazole rings is 1. The third-order valence-corrected chi connectivity index (χ3v) is 8.06. The zero-order chi connectivity index (χ0) is 24.1. The minimum atomic E-state index is 0.992. The maximum atomic E-state index is 5.07. The second-order valence-corrected chi connectivity index (χ2v) is 10.0. The maximum Gasteiger partial charge on any atom is 0.138 e. The van der Waals surface area contributed by atoms with Gasteiger partial charge in [-0.15, -0.1) is 0 Å². The van der Waals surface area contributed by atoms with Gasteiger partial charge in [0, 0.05) is 16.3 Å². The van der Waals surface area contributed by atoms with Crippen LogP contribution < -0.4 is 0 Å². The summed E-state index contributed by atoms with van der Waals surface area (Å²) in [4.78, 5) is 5.07. The second kappa shape index (κ2) is 6.83. The van der Waals surface area contributed by atoms with Crippen LogP contribution in [0.15, 0.2) is 121 Å². The van der Waals surface area contributed by atoms with E-state index in [4.69, 9.17) is 4.98 Å². The highest BCUT2D eigenvalue weighted by Gasteiger charge is 2.20. The van der Waals surface area contributed by atoms with E-state index in [1.165, 1.54) is 65.3 Å². The molecule has 6 aromatic carbocycles. The lowest BCUT2D eigenvalue weighted by Gasteiger charge is -2.15. The van der Waals surface area contributed by atoms with Crippen molar-refractivity contribution in [2.45, 2.75) is 0 Å². The SMILES string of the molecule is c1ccc(-c2nc3cccc4c5ccc(-c6cc7cccc8ccc9cccc6c9c87)cc5c2n34)cc1. The molecular weight excluding hydrogens is 448 g/mol. The van der Waals surface area contributed by atoms with Crippen LogP contribution in [-0.2, 0) is 0 Å². The van der Waals surface area contributed by atoms with Crippen LogP contribution in [0.25, 0.3) is 82.2 Å². The number of hydrogen-bond acceptors (Lipinski definition) is 1. The predicted octanol–water partition coefficient (Wildman–Crippen LogP) is 9.31. The first kappa shape index (κ1) is 19.3. The highest BCUT2D eigenvalue weighted by molar-refractivity contribution is 6.26. The lowest BCUT2D eigenvalue weighted by Crippen LogP contribution is -1.88. The van der Waals surface area contributed by atoms with E-state index in [1.54, 1.807) is 0 Å². The molecule has 0 amide bonds. The van der Waals surface area contributed by atoms with Crippen molar-refractivity contribution in [3.8, 4) is 22.4 Å². The molecule has 9 aromatic rings. The van der Waals surface area contributed by atoms with Crippen LogP contribution in [0.5, 0.6) is 0 Å². The van der Waals surface area contributed by atoms with Crippen molar-refractivity contribution < 1.29 is 0 Å². The van der Waals surface area contributed by atoms with Gasteiger partial charge >= 0.3 is 0 Å². The molecule has 0 N–H and O–H groups in total. The van der Waals surface area contributed by atoms with Crippen LogP contribution >= 0.6 is 0 Å². The fourth-order valence-electron chi connectivity index (χ4n) is 6.48. The molecule has 0 spiro atoms. The van der Waals surface area contributed by atoms with Crippen LogP contribution in [0, 0.1) is 0 Å². The molecule has 37 heavy (non-hydrogen) atoms. The van der Waals surface area contributed by atoms with Gasteiger partial charge in [0.2, 0.25) is 0 Å². The van der Waals surface area contributed by atoms with Gasteiger partial charge in [0.15, 0.2) is 0 Å². The summed E-state index contributed by atoms with van der Waals surface area (Å²) in [5.41, 5.74) is 8.08. The number of benzene rings is 6. The van der Waals surface area contributed by atoms with E-state index in [9.17, 15) is 0 Å². The van der Waals surface area contributed by atoms with E-state index in [-0.39, 0.29) is 0 Å². The molecule has 0 aliphatic rings. The predicted molar refractivity (Wildman–Crippen MR) is 156 cm³/mol. The van der Waals surface area contributed by atoms with Crippen molar-refractivity contribution in [3.63, 3.8) is 0 Å². The number of hydrogen-bond donors (Lipinski definition) is 0. The van der Waals surface area contributed by atoms with Crippen LogP contribution in [-0.4, -0.2) is 9.38 Å². The van der Waals surface area contributed by atoms with Gasteiger partial charge in [-0.05, 0) is 67.7 Å². The highest BCUT2D eigenvalue weighted by Crippen LogP contribution is 2.43. The smallest absolute Gasteiger partial charge is 0.138 e. The van der Waals surface area contributed by atoms with Crippen LogP contribution in [0.2, 0.25) is 0 Å². The molecule has 0 aliphatic heterocycles. The molecule has 2 heteroatoms. The van der Waals surface area contributed by atoms with Crippen molar-refractivity contribution >= 4 is 59.8 Å². The number of pyridine rings is 1. The summed E-state index contributed by atoms with van der Waals surface area (Å²) in [5.74, 6) is 0. The van der Waals surface area contributed by atoms with Crippen LogP contribution in [0.3, 0.4) is 0 Å². The van der Waals surface area contributed by atoms with Crippen molar-refractivity contribution in [1.82, 2.24) is 9.38 Å². The van der Waals surface area contributed by atoms with E-state index >= 15 is 0 Å². The van der Waals surface area contributed by atoms with Crippen LogP contribution in [0.1, 0.15) is 0 Å². The van der Waals surface area contributed by atoms with Gasteiger partial charge in [-0.2, -0.15) is 0 Å². The molecular formula is C35H20N2. The molecule has 0 fully saturated rings. The van der Waals surface area contributed by atoms with Crippen LogP contribution in [0.4, 0.5) is 0 Å². The fourth-order valence-corrected chi connectivity index (χ4v) is 6.48. The molecule has 0 saturated heterocycles. The van der Waals surface area contributed by atoms with Crippen molar-refractivity contribution in [2.24, 2.45) is 0 Å². The van der Waals surface area contributed by atoms with Gasteiger partial charge in [-0.25, -0.2) is 4.98 Å². The summed E-state index contributed by atoms with van der Waals surface area (Å²) in [6, 6.07) is 44.1. The molecule has 9 rings (SSSR count). The minimum Gasteiger partial charge on any atom is -0.292 e. The molecule has 0 radical (unpaired) electrons. The molecule has 0 aliphatic carbocycles. The second-order valence-electron chi connectivity index (χ2n) is 10.0. The number of fused-ring (bicyclic) bond motifs is 3. The first-order valence-corrected chi connectivity index (χ1v) is 12.7. The average Bonchev–Trinajstić information content (AvgIpc) is 3.51. The van der Waals surface area contributed by atoms with Gasteiger partial charge in [0.1, 0.15) is 5.65 Å².